The molecule has 4 N–H and O–H groups in total. The van der Waals surface area contributed by atoms with E-state index in [2.05, 4.69) is 29.5 Å². The van der Waals surface area contributed by atoms with E-state index in [0.29, 0.717) is 48.3 Å². The van der Waals surface area contributed by atoms with Crippen molar-refractivity contribution in [2.45, 2.75) is 65.0 Å². The Kier molecular flexibility index (Phi) is 10.6. The lowest BCUT2D eigenvalue weighted by Crippen LogP contribution is -2.44. The highest BCUT2D eigenvalue weighted by Crippen LogP contribution is 2.44. The van der Waals surface area contributed by atoms with Gasteiger partial charge in [-0.25, -0.2) is 4.79 Å². The largest absolute Gasteiger partial charge is 0.462 e. The van der Waals surface area contributed by atoms with E-state index in [1.165, 1.54) is 0 Å². The Morgan fingerprint density at radius 2 is 1.96 bits per heavy atom. The molecule has 2 heterocycles. The van der Waals surface area contributed by atoms with E-state index in [9.17, 15) is 19.8 Å². The molecule has 0 spiro atoms. The molecule has 2 fully saturated rings. The second-order valence-corrected chi connectivity index (χ2v) is 12.9. The first-order valence-electron chi connectivity index (χ1n) is 16.0. The highest BCUT2D eigenvalue weighted by molar-refractivity contribution is 5.92. The van der Waals surface area contributed by atoms with Crippen LogP contribution in [0, 0.1) is 29.6 Å². The zero-order valence-electron chi connectivity index (χ0n) is 26.5. The molecule has 1 saturated heterocycles. The van der Waals surface area contributed by atoms with Crippen LogP contribution in [-0.2, 0) is 20.7 Å². The fourth-order valence-corrected chi connectivity index (χ4v) is 6.51. The van der Waals surface area contributed by atoms with E-state index < -0.39 is 24.3 Å². The van der Waals surface area contributed by atoms with Gasteiger partial charge in [0.25, 0.3) is 6.01 Å². The summed E-state index contributed by atoms with van der Waals surface area (Å²) in [6.45, 7) is 7.00. The second kappa shape index (κ2) is 14.6. The number of carbonyl (C=O) groups is 2. The number of nitrogens with zero attached hydrogens (tertiary/aromatic N) is 2. The number of aliphatic hydroxyl groups excluding tert-OH is 2. The number of hydrogen-bond acceptors (Lipinski definition) is 9. The van der Waals surface area contributed by atoms with E-state index in [-0.39, 0.29) is 42.9 Å². The minimum atomic E-state index is -0.989. The summed E-state index contributed by atoms with van der Waals surface area (Å²) in [6, 6.07) is 15.0. The molecule has 1 aromatic heterocycles. The number of oxazole rings is 1. The summed E-state index contributed by atoms with van der Waals surface area (Å²) >= 11 is 0. The lowest BCUT2D eigenvalue weighted by atomic mass is 9.90. The molecule has 3 aromatic rings. The number of esters is 1. The first-order chi connectivity index (χ1) is 21.6. The number of anilines is 2. The van der Waals surface area contributed by atoms with Gasteiger partial charge in [0, 0.05) is 49.5 Å². The molecule has 2 aliphatic rings. The van der Waals surface area contributed by atoms with E-state index in [4.69, 9.17) is 13.9 Å². The van der Waals surface area contributed by atoms with Gasteiger partial charge in [0.2, 0.25) is 0 Å². The highest BCUT2D eigenvalue weighted by Gasteiger charge is 2.49. The number of aromatic nitrogens is 1. The second-order valence-electron chi connectivity index (χ2n) is 12.9. The number of fused-ring (bicyclic) bond motifs is 3. The highest BCUT2D eigenvalue weighted by atomic mass is 16.6. The molecule has 2 amide bonds. The molecule has 5 unspecified atom stereocenters. The molecule has 11 heteroatoms. The number of amides is 2. The maximum Gasteiger partial charge on any atom is 0.321 e. The zero-order valence-corrected chi connectivity index (χ0v) is 26.5. The minimum absolute atomic E-state index is 0.00363. The molecule has 0 radical (unpaired) electrons. The van der Waals surface area contributed by atoms with Crippen LogP contribution >= 0.6 is 0 Å². The molecule has 45 heavy (non-hydrogen) atoms. The van der Waals surface area contributed by atoms with Crippen LogP contribution in [0.3, 0.4) is 0 Å². The van der Waals surface area contributed by atoms with Gasteiger partial charge in [-0.1, -0.05) is 51.1 Å². The minimum Gasteiger partial charge on any atom is -0.462 e. The Morgan fingerprint density at radius 1 is 1.18 bits per heavy atom. The smallest absolute Gasteiger partial charge is 0.321 e. The lowest BCUT2D eigenvalue weighted by molar-refractivity contribution is -0.164. The van der Waals surface area contributed by atoms with Crippen molar-refractivity contribution in [2.24, 2.45) is 29.6 Å². The van der Waals surface area contributed by atoms with Gasteiger partial charge >= 0.3 is 12.0 Å². The van der Waals surface area contributed by atoms with Crippen molar-refractivity contribution in [1.82, 2.24) is 9.88 Å². The van der Waals surface area contributed by atoms with Crippen molar-refractivity contribution >= 4 is 34.8 Å². The monoisotopic (exact) mass is 622 g/mol. The summed E-state index contributed by atoms with van der Waals surface area (Å²) in [4.78, 5) is 32.9. The summed E-state index contributed by atoms with van der Waals surface area (Å²) in [5.74, 6) is -0.575. The summed E-state index contributed by atoms with van der Waals surface area (Å²) in [5.41, 5.74) is 2.74. The topological polar surface area (TPSA) is 146 Å². The molecule has 2 bridgehead atoms. The third-order valence-corrected chi connectivity index (χ3v) is 9.19. The number of hydrogen-bond donors (Lipinski definition) is 4. The fourth-order valence-electron chi connectivity index (χ4n) is 6.51. The van der Waals surface area contributed by atoms with Gasteiger partial charge in [-0.15, -0.1) is 0 Å². The number of carbonyl (C=O) groups excluding carboxylic acids is 2. The molecular weight excluding hydrogens is 576 g/mol. The Bertz CT molecular complexity index is 1430. The van der Waals surface area contributed by atoms with E-state index in [1.807, 2.05) is 37.3 Å². The average molecular weight is 623 g/mol. The molecule has 1 saturated carbocycles. The summed E-state index contributed by atoms with van der Waals surface area (Å²) in [5, 5.41) is 27.7. The van der Waals surface area contributed by atoms with Crippen LogP contribution in [0.4, 0.5) is 16.5 Å². The zero-order chi connectivity index (χ0) is 32.1. The van der Waals surface area contributed by atoms with Gasteiger partial charge in [0.05, 0.1) is 19.1 Å². The first kappa shape index (κ1) is 32.7. The summed E-state index contributed by atoms with van der Waals surface area (Å²) < 4.78 is 17.1. The number of aliphatic hydroxyl groups is 2. The van der Waals surface area contributed by atoms with Crippen molar-refractivity contribution < 1.29 is 33.7 Å². The maximum absolute atomic E-state index is 13.6. The van der Waals surface area contributed by atoms with Crippen LogP contribution in [0.25, 0.3) is 11.1 Å². The molecule has 1 aliphatic carbocycles. The predicted octanol–water partition coefficient (Wildman–Crippen LogP) is 4.89. The third kappa shape index (κ3) is 8.14. The Hall–Kier alpha value is -3.67. The molecule has 1 aliphatic heterocycles. The van der Waals surface area contributed by atoms with Gasteiger partial charge in [-0.3, -0.25) is 4.79 Å². The van der Waals surface area contributed by atoms with E-state index in [0.717, 1.165) is 18.4 Å². The maximum atomic E-state index is 13.6. The Balaban J connectivity index is 1.29. The van der Waals surface area contributed by atoms with Crippen molar-refractivity contribution in [2.75, 3.05) is 37.4 Å². The fraction of sp³-hybridized carbons (Fsp3) is 0.559. The lowest BCUT2D eigenvalue weighted by Gasteiger charge is -2.30. The normalized spacial score (nSPS) is 23.9. The van der Waals surface area contributed by atoms with Crippen molar-refractivity contribution in [3.63, 3.8) is 0 Å². The van der Waals surface area contributed by atoms with Gasteiger partial charge < -0.3 is 39.6 Å². The van der Waals surface area contributed by atoms with Crippen LogP contribution in [0.15, 0.2) is 52.9 Å². The van der Waals surface area contributed by atoms with Crippen molar-refractivity contribution in [3.05, 3.63) is 54.1 Å². The van der Waals surface area contributed by atoms with Crippen LogP contribution < -0.4 is 10.6 Å². The van der Waals surface area contributed by atoms with Gasteiger partial charge in [0.1, 0.15) is 11.6 Å². The molecule has 5 rings (SSSR count). The number of nitrogens with one attached hydrogen (secondary N) is 2. The Morgan fingerprint density at radius 3 is 2.67 bits per heavy atom. The number of ether oxygens (including phenoxy) is 2. The summed E-state index contributed by atoms with van der Waals surface area (Å²) in [6.07, 6.45) is -0.214. The van der Waals surface area contributed by atoms with E-state index in [1.54, 1.807) is 30.1 Å². The van der Waals surface area contributed by atoms with Gasteiger partial charge in [-0.2, -0.15) is 4.98 Å². The predicted molar refractivity (Wildman–Crippen MR) is 170 cm³/mol. The van der Waals surface area contributed by atoms with Gasteiger partial charge in [-0.05, 0) is 48.9 Å². The number of rotatable bonds is 13. The molecule has 244 valence electrons. The van der Waals surface area contributed by atoms with Crippen molar-refractivity contribution in [1.29, 1.82) is 0 Å². The number of benzene rings is 2. The Labute approximate surface area is 264 Å². The van der Waals surface area contributed by atoms with Crippen LogP contribution in [-0.4, -0.2) is 77.3 Å². The molecule has 2 aromatic carbocycles. The first-order valence-corrected chi connectivity index (χ1v) is 16.0. The SMILES string of the molecule is CNc1nc2cc(NC(=O)N(CCC(C)C)C[C@@H](O)[C@@H](CC(=O)OC3C4COC(O)C(C4)C3C)Cc3ccccc3)ccc2o1. The molecule has 7 atom stereocenters. The van der Waals surface area contributed by atoms with E-state index >= 15 is 0 Å². The molecular formula is C34H46N4O7. The third-order valence-electron chi connectivity index (χ3n) is 9.19. The molecule has 11 nitrogen and oxygen atoms in total. The van der Waals surface area contributed by atoms with Crippen LogP contribution in [0.2, 0.25) is 0 Å². The van der Waals surface area contributed by atoms with Crippen LogP contribution in [0.1, 0.15) is 45.6 Å². The standard InChI is InChI=1S/C34H46N4O7/c1-20(2)12-13-38(34(42)36-25-10-11-29-27(17-25)37-33(35-4)44-29)18-28(39)23(14-22-8-6-5-7-9-22)16-30(40)45-31-21(3)26-15-24(31)19-43-32(26)41/h5-11,17,20-21,23-24,26,28,31-32,39,41H,12-16,18-19H2,1-4H3,(H,35,37)(H,36,42)/t21?,23-,24?,26?,28-,31?,32?/m1/s1. The average Bonchev–Trinajstić information content (AvgIpc) is 3.55. The summed E-state index contributed by atoms with van der Waals surface area (Å²) in [7, 11) is 1.72. The van der Waals surface area contributed by atoms with Gasteiger partial charge in [0.15, 0.2) is 11.9 Å². The quantitative estimate of drug-likeness (QED) is 0.196. The number of urea groups is 1. The van der Waals surface area contributed by atoms with Crippen molar-refractivity contribution in [3.8, 4) is 0 Å². The van der Waals surface area contributed by atoms with Crippen LogP contribution in [0.5, 0.6) is 0 Å².